The van der Waals surface area contributed by atoms with Gasteiger partial charge in [0.25, 0.3) is 0 Å². The Balaban J connectivity index is 1.59. The second-order valence-corrected chi connectivity index (χ2v) is 8.00. The SMILES string of the molecule is COC(c1ccc(N)c(Cc2ccc(N)[nH]2)c1)[C@@H]1O[C@H]2OC(C)(C)O[C@H]2[C@@H]1OC. The third-order valence-electron chi connectivity index (χ3n) is 5.50. The molecule has 1 unspecified atom stereocenters. The lowest BCUT2D eigenvalue weighted by atomic mass is 9.95. The largest absolute Gasteiger partial charge is 0.398 e. The molecule has 0 bridgehead atoms. The van der Waals surface area contributed by atoms with E-state index in [-0.39, 0.29) is 24.4 Å². The topological polar surface area (TPSA) is 114 Å². The summed E-state index contributed by atoms with van der Waals surface area (Å²) in [5.74, 6) is -0.0763. The van der Waals surface area contributed by atoms with Crippen molar-refractivity contribution >= 4 is 11.5 Å². The molecule has 2 aliphatic heterocycles. The molecule has 0 radical (unpaired) electrons. The quantitative estimate of drug-likeness (QED) is 0.634. The van der Waals surface area contributed by atoms with Gasteiger partial charge in [-0.25, -0.2) is 0 Å². The first-order valence-electron chi connectivity index (χ1n) is 9.69. The van der Waals surface area contributed by atoms with E-state index in [4.69, 9.17) is 35.2 Å². The second kappa shape index (κ2) is 7.62. The molecule has 2 aliphatic rings. The zero-order chi connectivity index (χ0) is 20.8. The number of ether oxygens (including phenoxy) is 5. The number of nitrogen functional groups attached to an aromatic ring is 2. The van der Waals surface area contributed by atoms with Gasteiger partial charge in [-0.3, -0.25) is 0 Å². The highest BCUT2D eigenvalue weighted by Crippen LogP contribution is 2.43. The highest BCUT2D eigenvalue weighted by atomic mass is 16.8. The first kappa shape index (κ1) is 20.2. The van der Waals surface area contributed by atoms with Crippen molar-refractivity contribution in [3.8, 4) is 0 Å². The summed E-state index contributed by atoms with van der Waals surface area (Å²) in [6, 6.07) is 9.66. The van der Waals surface area contributed by atoms with Crippen LogP contribution in [-0.2, 0) is 30.1 Å². The fourth-order valence-electron chi connectivity index (χ4n) is 4.20. The van der Waals surface area contributed by atoms with Crippen molar-refractivity contribution < 1.29 is 23.7 Å². The number of rotatable bonds is 6. The highest BCUT2D eigenvalue weighted by molar-refractivity contribution is 5.51. The molecule has 29 heavy (non-hydrogen) atoms. The summed E-state index contributed by atoms with van der Waals surface area (Å²) in [5.41, 5.74) is 15.6. The molecule has 1 aromatic carbocycles. The Morgan fingerprint density at radius 2 is 1.93 bits per heavy atom. The predicted octanol–water partition coefficient (Wildman–Crippen LogP) is 2.35. The third-order valence-corrected chi connectivity index (χ3v) is 5.50. The van der Waals surface area contributed by atoms with Crippen molar-refractivity contribution in [3.63, 3.8) is 0 Å². The monoisotopic (exact) mass is 403 g/mol. The zero-order valence-corrected chi connectivity index (χ0v) is 17.2. The average molecular weight is 403 g/mol. The molecular weight excluding hydrogens is 374 g/mol. The van der Waals surface area contributed by atoms with Crippen molar-refractivity contribution in [1.29, 1.82) is 0 Å². The van der Waals surface area contributed by atoms with Crippen LogP contribution in [0.5, 0.6) is 0 Å². The maximum absolute atomic E-state index is 6.22. The van der Waals surface area contributed by atoms with E-state index in [1.165, 1.54) is 0 Å². The zero-order valence-electron chi connectivity index (χ0n) is 17.2. The van der Waals surface area contributed by atoms with Gasteiger partial charge in [-0.2, -0.15) is 0 Å². The maximum Gasteiger partial charge on any atom is 0.190 e. The van der Waals surface area contributed by atoms with Gasteiger partial charge in [0.15, 0.2) is 12.1 Å². The third kappa shape index (κ3) is 3.86. The molecule has 5 N–H and O–H groups in total. The number of benzene rings is 1. The van der Waals surface area contributed by atoms with Crippen LogP contribution in [0, 0.1) is 0 Å². The number of aromatic nitrogens is 1. The van der Waals surface area contributed by atoms with Crippen LogP contribution in [0.4, 0.5) is 11.5 Å². The molecule has 1 aromatic heterocycles. The van der Waals surface area contributed by atoms with Gasteiger partial charge in [0, 0.05) is 32.0 Å². The number of hydrogen-bond acceptors (Lipinski definition) is 7. The van der Waals surface area contributed by atoms with E-state index in [1.807, 2.05) is 44.2 Å². The van der Waals surface area contributed by atoms with Gasteiger partial charge in [0.1, 0.15) is 30.2 Å². The summed E-state index contributed by atoms with van der Waals surface area (Å²) in [4.78, 5) is 3.13. The number of H-pyrrole nitrogens is 1. The van der Waals surface area contributed by atoms with Crippen LogP contribution >= 0.6 is 0 Å². The standard InChI is InChI=1S/C21H29N3O5/c1-21(2)28-19-17(26-4)18(27-20(19)29-21)16(25-3)11-5-7-14(22)12(9-11)10-13-6-8-15(23)24-13/h5-9,16-20,24H,10,22-23H2,1-4H3/t16?,17-,18+,19+,20+/m1/s1. The number of aromatic amines is 1. The van der Waals surface area contributed by atoms with Crippen LogP contribution in [0.3, 0.4) is 0 Å². The van der Waals surface area contributed by atoms with Crippen molar-refractivity contribution in [2.24, 2.45) is 0 Å². The summed E-state index contributed by atoms with van der Waals surface area (Å²) in [6.45, 7) is 3.73. The molecule has 0 aliphatic carbocycles. The van der Waals surface area contributed by atoms with Crippen LogP contribution in [-0.4, -0.2) is 49.6 Å². The van der Waals surface area contributed by atoms with E-state index in [1.54, 1.807) is 14.2 Å². The fourth-order valence-corrected chi connectivity index (χ4v) is 4.20. The molecule has 2 aromatic rings. The Hall–Kier alpha value is -2.10. The summed E-state index contributed by atoms with van der Waals surface area (Å²) in [5, 5.41) is 0. The molecule has 5 atom stereocenters. The Labute approximate surface area is 170 Å². The summed E-state index contributed by atoms with van der Waals surface area (Å²) in [7, 11) is 3.30. The van der Waals surface area contributed by atoms with Gasteiger partial charge in [0.2, 0.25) is 0 Å². The van der Waals surface area contributed by atoms with E-state index in [0.717, 1.165) is 16.8 Å². The normalized spacial score (nSPS) is 29.1. The van der Waals surface area contributed by atoms with Crippen LogP contribution in [0.15, 0.2) is 30.3 Å². The molecule has 2 fully saturated rings. The minimum absolute atomic E-state index is 0.312. The van der Waals surface area contributed by atoms with Gasteiger partial charge in [-0.1, -0.05) is 12.1 Å². The molecule has 158 valence electrons. The van der Waals surface area contributed by atoms with E-state index in [9.17, 15) is 0 Å². The smallest absolute Gasteiger partial charge is 0.190 e. The Morgan fingerprint density at radius 3 is 2.59 bits per heavy atom. The molecule has 8 heteroatoms. The van der Waals surface area contributed by atoms with Crippen molar-refractivity contribution in [3.05, 3.63) is 47.2 Å². The number of methoxy groups -OCH3 is 2. The molecule has 0 amide bonds. The van der Waals surface area contributed by atoms with Gasteiger partial charge < -0.3 is 40.1 Å². The lowest BCUT2D eigenvalue weighted by Gasteiger charge is -2.30. The number of fused-ring (bicyclic) bond motifs is 1. The predicted molar refractivity (Wildman–Crippen MR) is 108 cm³/mol. The molecule has 0 spiro atoms. The fraction of sp³-hybridized carbons (Fsp3) is 0.524. The number of nitrogens with two attached hydrogens (primary N) is 2. The molecule has 8 nitrogen and oxygen atoms in total. The summed E-state index contributed by atoms with van der Waals surface area (Å²) in [6.07, 6.45) is -1.24. The number of hydrogen-bond donors (Lipinski definition) is 3. The summed E-state index contributed by atoms with van der Waals surface area (Å²) >= 11 is 0. The van der Waals surface area contributed by atoms with Crippen LogP contribution < -0.4 is 11.5 Å². The average Bonchev–Trinajstić information content (AvgIpc) is 3.30. The van der Waals surface area contributed by atoms with Gasteiger partial charge in [0.05, 0.1) is 0 Å². The first-order chi connectivity index (χ1) is 13.8. The lowest BCUT2D eigenvalue weighted by molar-refractivity contribution is -0.230. The first-order valence-corrected chi connectivity index (χ1v) is 9.69. The van der Waals surface area contributed by atoms with E-state index in [2.05, 4.69) is 4.98 Å². The maximum atomic E-state index is 6.22. The summed E-state index contributed by atoms with van der Waals surface area (Å²) < 4.78 is 29.6. The Kier molecular flexibility index (Phi) is 5.30. The molecule has 3 heterocycles. The van der Waals surface area contributed by atoms with Gasteiger partial charge >= 0.3 is 0 Å². The molecular formula is C21H29N3O5. The lowest BCUT2D eigenvalue weighted by Crippen LogP contribution is -2.39. The Morgan fingerprint density at radius 1 is 1.14 bits per heavy atom. The van der Waals surface area contributed by atoms with Gasteiger partial charge in [-0.15, -0.1) is 0 Å². The molecule has 0 saturated carbocycles. The van der Waals surface area contributed by atoms with Crippen molar-refractivity contribution in [2.45, 2.75) is 56.8 Å². The van der Waals surface area contributed by atoms with Crippen molar-refractivity contribution in [1.82, 2.24) is 4.98 Å². The van der Waals surface area contributed by atoms with Crippen LogP contribution in [0.25, 0.3) is 0 Å². The van der Waals surface area contributed by atoms with E-state index < -0.39 is 12.1 Å². The minimum Gasteiger partial charge on any atom is -0.398 e. The van der Waals surface area contributed by atoms with Crippen molar-refractivity contribution in [2.75, 3.05) is 25.7 Å². The highest BCUT2D eigenvalue weighted by Gasteiger charge is 2.57. The number of anilines is 2. The second-order valence-electron chi connectivity index (χ2n) is 8.00. The van der Waals surface area contributed by atoms with E-state index >= 15 is 0 Å². The molecule has 4 rings (SSSR count). The van der Waals surface area contributed by atoms with Crippen LogP contribution in [0.1, 0.15) is 36.8 Å². The minimum atomic E-state index is -0.702. The van der Waals surface area contributed by atoms with Crippen LogP contribution in [0.2, 0.25) is 0 Å². The van der Waals surface area contributed by atoms with E-state index in [0.29, 0.717) is 17.9 Å². The Bertz CT molecular complexity index is 868. The number of nitrogens with one attached hydrogen (secondary N) is 1. The molecule has 2 saturated heterocycles. The van der Waals surface area contributed by atoms with Gasteiger partial charge in [-0.05, 0) is 43.2 Å².